The fourth-order valence-electron chi connectivity index (χ4n) is 2.53. The maximum Gasteiger partial charge on any atom is 0.155 e. The number of hydrogen-bond donors (Lipinski definition) is 1. The molecule has 100 valence electrons. The summed E-state index contributed by atoms with van der Waals surface area (Å²) in [5.74, 6) is 1.83. The van der Waals surface area contributed by atoms with Crippen LogP contribution < -0.4 is 5.73 Å². The fraction of sp³-hybridized carbons (Fsp3) is 0.429. The standard InChI is InChI=1S/C14H18N4S/c1-19-12-7-3-2-5-10(12)9-13-16-14-11(15)6-4-8-18(14)17-13/h2-3,5,7,11H,4,6,8-9,15H2,1H3. The van der Waals surface area contributed by atoms with E-state index in [4.69, 9.17) is 5.73 Å². The topological polar surface area (TPSA) is 56.7 Å². The van der Waals surface area contributed by atoms with Crippen LogP contribution in [0.4, 0.5) is 0 Å². The van der Waals surface area contributed by atoms with Crippen LogP contribution in [0.15, 0.2) is 29.2 Å². The molecule has 2 heterocycles. The Morgan fingerprint density at radius 3 is 3.05 bits per heavy atom. The summed E-state index contributed by atoms with van der Waals surface area (Å²) in [6, 6.07) is 8.46. The molecule has 4 nitrogen and oxygen atoms in total. The SMILES string of the molecule is CSc1ccccc1Cc1nc2n(n1)CCCC2N. The Kier molecular flexibility index (Phi) is 3.57. The van der Waals surface area contributed by atoms with Crippen molar-refractivity contribution in [2.75, 3.05) is 6.26 Å². The highest BCUT2D eigenvalue weighted by Gasteiger charge is 2.21. The molecule has 1 atom stereocenters. The van der Waals surface area contributed by atoms with Crippen LogP contribution in [0.2, 0.25) is 0 Å². The van der Waals surface area contributed by atoms with Crippen molar-refractivity contribution in [2.24, 2.45) is 5.73 Å². The van der Waals surface area contributed by atoms with Crippen LogP contribution in [0.25, 0.3) is 0 Å². The van der Waals surface area contributed by atoms with E-state index in [-0.39, 0.29) is 6.04 Å². The fourth-order valence-corrected chi connectivity index (χ4v) is 3.14. The van der Waals surface area contributed by atoms with Gasteiger partial charge in [0.25, 0.3) is 0 Å². The maximum atomic E-state index is 6.08. The second kappa shape index (κ2) is 5.35. The highest BCUT2D eigenvalue weighted by atomic mass is 32.2. The Morgan fingerprint density at radius 2 is 2.26 bits per heavy atom. The summed E-state index contributed by atoms with van der Waals surface area (Å²) in [6.07, 6.45) is 4.99. The van der Waals surface area contributed by atoms with E-state index in [0.29, 0.717) is 0 Å². The van der Waals surface area contributed by atoms with Gasteiger partial charge in [-0.15, -0.1) is 11.8 Å². The normalized spacial score (nSPS) is 18.3. The molecular weight excluding hydrogens is 256 g/mol. The van der Waals surface area contributed by atoms with Crippen molar-refractivity contribution in [1.29, 1.82) is 0 Å². The zero-order valence-electron chi connectivity index (χ0n) is 11.0. The molecule has 2 aromatic rings. The van der Waals surface area contributed by atoms with Crippen LogP contribution in [0.1, 0.15) is 36.1 Å². The number of aromatic nitrogens is 3. The van der Waals surface area contributed by atoms with Crippen LogP contribution in [-0.4, -0.2) is 21.0 Å². The molecule has 1 unspecified atom stereocenters. The van der Waals surface area contributed by atoms with Crippen molar-refractivity contribution < 1.29 is 0 Å². The first-order valence-electron chi connectivity index (χ1n) is 6.59. The van der Waals surface area contributed by atoms with Crippen molar-refractivity contribution in [2.45, 2.75) is 36.7 Å². The molecule has 2 N–H and O–H groups in total. The summed E-state index contributed by atoms with van der Waals surface area (Å²) in [6.45, 7) is 0.945. The number of nitrogens with two attached hydrogens (primary N) is 1. The van der Waals surface area contributed by atoms with E-state index in [1.165, 1.54) is 10.5 Å². The molecule has 1 aromatic carbocycles. The lowest BCUT2D eigenvalue weighted by Gasteiger charge is -2.17. The number of rotatable bonds is 3. The zero-order chi connectivity index (χ0) is 13.2. The average molecular weight is 274 g/mol. The monoisotopic (exact) mass is 274 g/mol. The van der Waals surface area contributed by atoms with E-state index < -0.39 is 0 Å². The minimum Gasteiger partial charge on any atom is -0.321 e. The van der Waals surface area contributed by atoms with E-state index in [2.05, 4.69) is 40.6 Å². The van der Waals surface area contributed by atoms with Crippen molar-refractivity contribution in [3.8, 4) is 0 Å². The minimum absolute atomic E-state index is 0.0470. The lowest BCUT2D eigenvalue weighted by molar-refractivity contribution is 0.421. The molecule has 0 saturated carbocycles. The third-order valence-corrected chi connectivity index (χ3v) is 4.34. The molecule has 0 spiro atoms. The lowest BCUT2D eigenvalue weighted by atomic mass is 10.1. The van der Waals surface area contributed by atoms with Gasteiger partial charge >= 0.3 is 0 Å². The van der Waals surface area contributed by atoms with Gasteiger partial charge in [-0.2, -0.15) is 5.10 Å². The largest absolute Gasteiger partial charge is 0.321 e. The Balaban J connectivity index is 1.88. The summed E-state index contributed by atoms with van der Waals surface area (Å²) in [5.41, 5.74) is 7.37. The van der Waals surface area contributed by atoms with Crippen molar-refractivity contribution >= 4 is 11.8 Å². The maximum absolute atomic E-state index is 6.08. The van der Waals surface area contributed by atoms with Gasteiger partial charge in [-0.25, -0.2) is 9.67 Å². The van der Waals surface area contributed by atoms with Crippen LogP contribution in [-0.2, 0) is 13.0 Å². The van der Waals surface area contributed by atoms with Gasteiger partial charge in [0.2, 0.25) is 0 Å². The smallest absolute Gasteiger partial charge is 0.155 e. The van der Waals surface area contributed by atoms with Gasteiger partial charge in [0, 0.05) is 17.9 Å². The van der Waals surface area contributed by atoms with Gasteiger partial charge in [-0.05, 0) is 30.7 Å². The first-order valence-corrected chi connectivity index (χ1v) is 7.81. The van der Waals surface area contributed by atoms with Gasteiger partial charge in [0.15, 0.2) is 5.82 Å². The molecule has 0 fully saturated rings. The molecule has 0 saturated heterocycles. The molecule has 1 aromatic heterocycles. The third-order valence-electron chi connectivity index (χ3n) is 3.50. The number of hydrogen-bond acceptors (Lipinski definition) is 4. The van der Waals surface area contributed by atoms with E-state index in [1.54, 1.807) is 11.8 Å². The number of benzene rings is 1. The molecule has 19 heavy (non-hydrogen) atoms. The first-order chi connectivity index (χ1) is 9.28. The predicted octanol–water partition coefficient (Wildman–Crippen LogP) is 2.38. The van der Waals surface area contributed by atoms with Gasteiger partial charge in [0.1, 0.15) is 5.82 Å². The summed E-state index contributed by atoms with van der Waals surface area (Å²) in [7, 11) is 0. The van der Waals surface area contributed by atoms with Crippen LogP contribution in [0.5, 0.6) is 0 Å². The van der Waals surface area contributed by atoms with E-state index in [1.807, 2.05) is 4.68 Å². The van der Waals surface area contributed by atoms with Crippen molar-refractivity contribution in [1.82, 2.24) is 14.8 Å². The summed E-state index contributed by atoms with van der Waals surface area (Å²) in [5, 5.41) is 4.59. The van der Waals surface area contributed by atoms with Gasteiger partial charge in [0.05, 0.1) is 6.04 Å². The van der Waals surface area contributed by atoms with E-state index >= 15 is 0 Å². The number of aryl methyl sites for hydroxylation is 1. The molecule has 0 bridgehead atoms. The average Bonchev–Trinajstić information content (AvgIpc) is 2.83. The first kappa shape index (κ1) is 12.7. The van der Waals surface area contributed by atoms with E-state index in [9.17, 15) is 0 Å². The van der Waals surface area contributed by atoms with E-state index in [0.717, 1.165) is 37.5 Å². The molecular formula is C14H18N4S. The lowest BCUT2D eigenvalue weighted by Crippen LogP contribution is -2.22. The van der Waals surface area contributed by atoms with Crippen LogP contribution in [0.3, 0.4) is 0 Å². The van der Waals surface area contributed by atoms with Gasteiger partial charge in [-0.3, -0.25) is 0 Å². The Hall–Kier alpha value is -1.33. The third kappa shape index (κ3) is 2.53. The second-order valence-electron chi connectivity index (χ2n) is 4.85. The number of thioether (sulfide) groups is 1. The molecule has 0 amide bonds. The zero-order valence-corrected chi connectivity index (χ0v) is 11.9. The molecule has 5 heteroatoms. The highest BCUT2D eigenvalue weighted by Crippen LogP contribution is 2.24. The summed E-state index contributed by atoms with van der Waals surface area (Å²) in [4.78, 5) is 5.91. The summed E-state index contributed by atoms with van der Waals surface area (Å²) >= 11 is 1.76. The Bertz CT molecular complexity index is 579. The van der Waals surface area contributed by atoms with Gasteiger partial charge in [-0.1, -0.05) is 18.2 Å². The van der Waals surface area contributed by atoms with Crippen LogP contribution in [0, 0.1) is 0 Å². The minimum atomic E-state index is 0.0470. The molecule has 1 aliphatic rings. The van der Waals surface area contributed by atoms with Gasteiger partial charge < -0.3 is 5.73 Å². The number of nitrogens with zero attached hydrogens (tertiary/aromatic N) is 3. The van der Waals surface area contributed by atoms with Crippen molar-refractivity contribution in [3.05, 3.63) is 41.5 Å². The Morgan fingerprint density at radius 1 is 1.42 bits per heavy atom. The highest BCUT2D eigenvalue weighted by molar-refractivity contribution is 7.98. The molecule has 1 aliphatic heterocycles. The van der Waals surface area contributed by atoms with Crippen LogP contribution >= 0.6 is 11.8 Å². The van der Waals surface area contributed by atoms with Crippen molar-refractivity contribution in [3.63, 3.8) is 0 Å². The summed E-state index contributed by atoms with van der Waals surface area (Å²) < 4.78 is 1.98. The quantitative estimate of drug-likeness (QED) is 0.873. The molecule has 0 aliphatic carbocycles. The second-order valence-corrected chi connectivity index (χ2v) is 5.69. The molecule has 3 rings (SSSR count). The number of fused-ring (bicyclic) bond motifs is 1. The predicted molar refractivity (Wildman–Crippen MR) is 77.2 cm³/mol. The Labute approximate surface area is 117 Å². The molecule has 0 radical (unpaired) electrons.